The van der Waals surface area contributed by atoms with Crippen LogP contribution in [0.1, 0.15) is 31.0 Å². The monoisotopic (exact) mass is 416 g/mol. The Balaban J connectivity index is 1.83. The van der Waals surface area contributed by atoms with Crippen LogP contribution >= 0.6 is 0 Å². The van der Waals surface area contributed by atoms with Crippen molar-refractivity contribution >= 4 is 16.0 Å². The maximum atomic E-state index is 13.8. The molecule has 0 radical (unpaired) electrons. The fourth-order valence-corrected chi connectivity index (χ4v) is 5.28. The smallest absolute Gasteiger partial charge is 0.262 e. The summed E-state index contributed by atoms with van der Waals surface area (Å²) in [5.74, 6) is -0.354. The third-order valence-corrected chi connectivity index (χ3v) is 6.79. The van der Waals surface area contributed by atoms with Gasteiger partial charge in [0.05, 0.1) is 18.1 Å². The summed E-state index contributed by atoms with van der Waals surface area (Å²) in [6, 6.07) is 5.51. The Morgan fingerprint density at radius 3 is 2.79 bits per heavy atom. The average Bonchev–Trinajstić information content (AvgIpc) is 3.15. The Labute approximate surface area is 168 Å². The van der Waals surface area contributed by atoms with Crippen LogP contribution in [0, 0.1) is 5.82 Å². The van der Waals surface area contributed by atoms with Crippen LogP contribution in [-0.4, -0.2) is 38.8 Å². The first-order valence-electron chi connectivity index (χ1n) is 9.24. The molecule has 152 valence electrons. The molecule has 29 heavy (non-hydrogen) atoms. The Bertz CT molecular complexity index is 1150. The Hall–Kier alpha value is -2.85. The van der Waals surface area contributed by atoms with Gasteiger partial charge >= 0.3 is 0 Å². The van der Waals surface area contributed by atoms with E-state index in [2.05, 4.69) is 15.0 Å². The van der Waals surface area contributed by atoms with E-state index in [9.17, 15) is 12.8 Å². The third kappa shape index (κ3) is 3.73. The summed E-state index contributed by atoms with van der Waals surface area (Å²) in [6.45, 7) is 0.343. The second-order valence-electron chi connectivity index (χ2n) is 7.04. The van der Waals surface area contributed by atoms with Crippen LogP contribution < -0.4 is 5.73 Å². The summed E-state index contributed by atoms with van der Waals surface area (Å²) < 4.78 is 43.4. The molecule has 2 N–H and O–H groups in total. The summed E-state index contributed by atoms with van der Waals surface area (Å²) in [6.07, 6.45) is 6.59. The number of hydrogen-bond donors (Lipinski definition) is 1. The molecule has 1 aliphatic heterocycles. The summed E-state index contributed by atoms with van der Waals surface area (Å²) in [5.41, 5.74) is 7.44. The number of piperidine rings is 1. The summed E-state index contributed by atoms with van der Waals surface area (Å²) in [4.78, 5) is 12.5. The first-order chi connectivity index (χ1) is 13.9. The molecule has 1 aromatic carbocycles. The topological polar surface area (TPSA) is 107 Å². The number of nitrogen functional groups attached to an aromatic ring is 1. The van der Waals surface area contributed by atoms with Gasteiger partial charge in [-0.3, -0.25) is 0 Å². The molecule has 3 heterocycles. The van der Waals surface area contributed by atoms with Gasteiger partial charge in [-0.2, -0.15) is 4.31 Å². The van der Waals surface area contributed by atoms with Crippen LogP contribution in [0.5, 0.6) is 0 Å². The number of hydrogen-bond acceptors (Lipinski definition) is 6. The molecule has 4 rings (SSSR count). The number of rotatable bonds is 4. The number of anilines is 1. The molecule has 1 unspecified atom stereocenters. The Morgan fingerprint density at radius 2 is 2.07 bits per heavy atom. The lowest BCUT2D eigenvalue weighted by Crippen LogP contribution is -2.39. The first kappa shape index (κ1) is 19.5. The molecular weight excluding hydrogens is 395 g/mol. The van der Waals surface area contributed by atoms with Gasteiger partial charge in [0.25, 0.3) is 10.0 Å². The van der Waals surface area contributed by atoms with Crippen molar-refractivity contribution in [2.24, 2.45) is 7.05 Å². The standard InChI is InChI=1S/C19H21FN6O2S/c1-25-11-17(23-12-25)29(27,28)26-8-3-2-7-16(26)18-15(10-22-19(21)24-18)13-5-4-6-14(20)9-13/h4-6,9-12,16H,2-3,7-8H2,1H3,(H2,21,22,24). The van der Waals surface area contributed by atoms with Crippen LogP contribution in [0.4, 0.5) is 10.3 Å². The van der Waals surface area contributed by atoms with Crippen LogP contribution in [-0.2, 0) is 17.1 Å². The van der Waals surface area contributed by atoms with Crippen molar-refractivity contribution < 1.29 is 12.8 Å². The average molecular weight is 416 g/mol. The minimum absolute atomic E-state index is 0.0127. The fourth-order valence-electron chi connectivity index (χ4n) is 3.65. The van der Waals surface area contributed by atoms with E-state index in [1.807, 2.05) is 0 Å². The van der Waals surface area contributed by atoms with Gasteiger partial charge in [-0.05, 0) is 30.5 Å². The third-order valence-electron chi connectivity index (χ3n) is 5.00. The molecule has 1 atom stereocenters. The van der Waals surface area contributed by atoms with Gasteiger partial charge < -0.3 is 10.3 Å². The molecule has 0 aliphatic carbocycles. The number of aromatic nitrogens is 4. The molecular formula is C19H21FN6O2S. The van der Waals surface area contributed by atoms with E-state index in [0.717, 1.165) is 12.8 Å². The van der Waals surface area contributed by atoms with Crippen molar-refractivity contribution in [1.82, 2.24) is 23.8 Å². The second kappa shape index (κ2) is 7.53. The lowest BCUT2D eigenvalue weighted by atomic mass is 9.95. The molecule has 1 saturated heterocycles. The molecule has 1 aliphatic rings. The number of sulfonamides is 1. The summed E-state index contributed by atoms with van der Waals surface area (Å²) in [7, 11) is -2.12. The summed E-state index contributed by atoms with van der Waals surface area (Å²) in [5, 5.41) is -0.0127. The number of nitrogens with zero attached hydrogens (tertiary/aromatic N) is 5. The van der Waals surface area contributed by atoms with Gasteiger partial charge in [0, 0.05) is 31.5 Å². The van der Waals surface area contributed by atoms with Crippen molar-refractivity contribution in [3.8, 4) is 11.1 Å². The largest absolute Gasteiger partial charge is 0.368 e. The van der Waals surface area contributed by atoms with Crippen molar-refractivity contribution in [2.75, 3.05) is 12.3 Å². The van der Waals surface area contributed by atoms with E-state index >= 15 is 0 Å². The maximum absolute atomic E-state index is 13.8. The van der Waals surface area contributed by atoms with Crippen molar-refractivity contribution in [1.29, 1.82) is 0 Å². The SMILES string of the molecule is Cn1cnc(S(=O)(=O)N2CCCCC2c2nc(N)ncc2-c2cccc(F)c2)c1. The van der Waals surface area contributed by atoms with Gasteiger partial charge in [-0.1, -0.05) is 18.6 Å². The fraction of sp³-hybridized carbons (Fsp3) is 0.316. The molecule has 0 bridgehead atoms. The first-order valence-corrected chi connectivity index (χ1v) is 10.7. The van der Waals surface area contributed by atoms with E-state index < -0.39 is 21.9 Å². The zero-order valence-electron chi connectivity index (χ0n) is 15.9. The van der Waals surface area contributed by atoms with Crippen molar-refractivity contribution in [2.45, 2.75) is 30.3 Å². The Morgan fingerprint density at radius 1 is 1.24 bits per heavy atom. The minimum atomic E-state index is -3.83. The Kier molecular flexibility index (Phi) is 5.05. The van der Waals surface area contributed by atoms with Gasteiger partial charge in [0.1, 0.15) is 5.82 Å². The number of aryl methyl sites for hydroxylation is 1. The highest BCUT2D eigenvalue weighted by atomic mass is 32.2. The zero-order valence-corrected chi connectivity index (χ0v) is 16.7. The molecule has 2 aromatic heterocycles. The van der Waals surface area contributed by atoms with E-state index in [-0.39, 0.29) is 11.0 Å². The normalized spacial score (nSPS) is 18.1. The number of nitrogens with two attached hydrogens (primary N) is 1. The molecule has 10 heteroatoms. The lowest BCUT2D eigenvalue weighted by molar-refractivity contribution is 0.251. The highest BCUT2D eigenvalue weighted by molar-refractivity contribution is 7.89. The van der Waals surface area contributed by atoms with Crippen molar-refractivity contribution in [3.63, 3.8) is 0 Å². The predicted octanol–water partition coefficient (Wildman–Crippen LogP) is 2.51. The number of halogens is 1. The van der Waals surface area contributed by atoms with Gasteiger partial charge in [0.2, 0.25) is 5.95 Å². The van der Waals surface area contributed by atoms with Crippen LogP contribution in [0.2, 0.25) is 0 Å². The molecule has 0 saturated carbocycles. The van der Waals surface area contributed by atoms with E-state index in [0.29, 0.717) is 29.8 Å². The van der Waals surface area contributed by atoms with Gasteiger partial charge in [0.15, 0.2) is 5.03 Å². The van der Waals surface area contributed by atoms with Crippen LogP contribution in [0.15, 0.2) is 48.0 Å². The molecule has 1 fully saturated rings. The summed E-state index contributed by atoms with van der Waals surface area (Å²) >= 11 is 0. The number of imidazole rings is 1. The molecule has 0 spiro atoms. The highest BCUT2D eigenvalue weighted by Gasteiger charge is 2.37. The van der Waals surface area contributed by atoms with E-state index in [1.165, 1.54) is 35.2 Å². The van der Waals surface area contributed by atoms with E-state index in [1.54, 1.807) is 23.7 Å². The van der Waals surface area contributed by atoms with Crippen LogP contribution in [0.25, 0.3) is 11.1 Å². The van der Waals surface area contributed by atoms with Crippen LogP contribution in [0.3, 0.4) is 0 Å². The van der Waals surface area contributed by atoms with Crippen molar-refractivity contribution in [3.05, 3.63) is 54.5 Å². The quantitative estimate of drug-likeness (QED) is 0.700. The molecule has 0 amide bonds. The highest BCUT2D eigenvalue weighted by Crippen LogP contribution is 2.38. The molecule has 8 nitrogen and oxygen atoms in total. The van der Waals surface area contributed by atoms with Gasteiger partial charge in [-0.15, -0.1) is 0 Å². The predicted molar refractivity (Wildman–Crippen MR) is 106 cm³/mol. The lowest BCUT2D eigenvalue weighted by Gasteiger charge is -2.34. The molecule has 3 aromatic rings. The number of benzene rings is 1. The van der Waals surface area contributed by atoms with E-state index in [4.69, 9.17) is 5.73 Å². The van der Waals surface area contributed by atoms with Gasteiger partial charge in [-0.25, -0.2) is 27.8 Å². The second-order valence-corrected chi connectivity index (χ2v) is 8.88. The minimum Gasteiger partial charge on any atom is -0.368 e. The maximum Gasteiger partial charge on any atom is 0.262 e. The zero-order chi connectivity index (χ0) is 20.6.